The van der Waals surface area contributed by atoms with Crippen LogP contribution >= 0.6 is 0 Å². The zero-order valence-electron chi connectivity index (χ0n) is 18.2. The highest BCUT2D eigenvalue weighted by Gasteiger charge is 2.36. The monoisotopic (exact) mass is 495 g/mol. The molecule has 1 unspecified atom stereocenters. The molecule has 180 valence electrons. The molecule has 0 spiro atoms. The SMILES string of the molecule is O=C(NO)C(CCN1C(=O)c2ccccc2C1=O)NS(=O)(=O)c1ccc(Oc2ccccc2)cc1. The average Bonchev–Trinajstić information content (AvgIpc) is 3.11. The molecule has 0 fully saturated rings. The van der Waals surface area contributed by atoms with Crippen LogP contribution in [-0.2, 0) is 14.8 Å². The second-order valence-corrected chi connectivity index (χ2v) is 9.35. The number of carbonyl (C=O) groups is 3. The second-order valence-electron chi connectivity index (χ2n) is 7.63. The number of fused-ring (bicyclic) bond motifs is 1. The van der Waals surface area contributed by atoms with E-state index in [1.807, 2.05) is 6.07 Å². The van der Waals surface area contributed by atoms with Gasteiger partial charge in [0, 0.05) is 6.54 Å². The van der Waals surface area contributed by atoms with Gasteiger partial charge in [0.2, 0.25) is 10.0 Å². The molecule has 3 N–H and O–H groups in total. The Hall–Kier alpha value is -4.06. The number of imide groups is 1. The number of amides is 3. The summed E-state index contributed by atoms with van der Waals surface area (Å²) in [6.07, 6.45) is -0.258. The van der Waals surface area contributed by atoms with Crippen molar-refractivity contribution in [3.8, 4) is 11.5 Å². The maximum Gasteiger partial charge on any atom is 0.261 e. The number of carbonyl (C=O) groups excluding carboxylic acids is 3. The van der Waals surface area contributed by atoms with Crippen molar-refractivity contribution in [1.29, 1.82) is 0 Å². The van der Waals surface area contributed by atoms with Crippen molar-refractivity contribution >= 4 is 27.7 Å². The summed E-state index contributed by atoms with van der Waals surface area (Å²) in [7, 11) is -4.20. The molecule has 3 aromatic carbocycles. The van der Waals surface area contributed by atoms with Gasteiger partial charge in [-0.1, -0.05) is 30.3 Å². The lowest BCUT2D eigenvalue weighted by molar-refractivity contribution is -0.131. The van der Waals surface area contributed by atoms with Gasteiger partial charge in [0.1, 0.15) is 17.5 Å². The van der Waals surface area contributed by atoms with Crippen LogP contribution in [-0.4, -0.2) is 48.8 Å². The molecule has 0 radical (unpaired) electrons. The van der Waals surface area contributed by atoms with Crippen LogP contribution in [0, 0.1) is 0 Å². The van der Waals surface area contributed by atoms with Crippen LogP contribution in [0.1, 0.15) is 27.1 Å². The number of nitrogens with one attached hydrogen (secondary N) is 2. The molecule has 0 aromatic heterocycles. The predicted octanol–water partition coefficient (Wildman–Crippen LogP) is 2.32. The highest BCUT2D eigenvalue weighted by Crippen LogP contribution is 2.24. The van der Waals surface area contributed by atoms with Gasteiger partial charge < -0.3 is 4.74 Å². The third-order valence-electron chi connectivity index (χ3n) is 5.36. The molecular formula is C24H21N3O7S. The lowest BCUT2D eigenvalue weighted by Crippen LogP contribution is -2.47. The largest absolute Gasteiger partial charge is 0.457 e. The summed E-state index contributed by atoms with van der Waals surface area (Å²) < 4.78 is 33.6. The lowest BCUT2D eigenvalue weighted by Gasteiger charge is -2.20. The average molecular weight is 496 g/mol. The fourth-order valence-corrected chi connectivity index (χ4v) is 4.82. The standard InChI is InChI=1S/C24H21N3O7S/c28-22(25-31)21(14-15-27-23(29)19-8-4-5-9-20(19)24(27)30)26-35(32,33)18-12-10-17(11-13-18)34-16-6-2-1-3-7-16/h1-13,21,26,31H,14-15H2,(H,25,28). The fraction of sp³-hybridized carbons (Fsp3) is 0.125. The molecule has 0 aliphatic carbocycles. The maximum absolute atomic E-state index is 12.9. The predicted molar refractivity (Wildman–Crippen MR) is 123 cm³/mol. The Bertz CT molecular complexity index is 1320. The molecule has 1 heterocycles. The molecule has 1 atom stereocenters. The minimum Gasteiger partial charge on any atom is -0.457 e. The quantitative estimate of drug-likeness (QED) is 0.235. The molecule has 35 heavy (non-hydrogen) atoms. The number of rotatable bonds is 9. The summed E-state index contributed by atoms with van der Waals surface area (Å²) in [6.45, 7) is -0.239. The fourth-order valence-electron chi connectivity index (χ4n) is 3.59. The van der Waals surface area contributed by atoms with Crippen LogP contribution in [0.3, 0.4) is 0 Å². The van der Waals surface area contributed by atoms with Gasteiger partial charge in [-0.25, -0.2) is 13.9 Å². The Kier molecular flexibility index (Phi) is 6.92. The van der Waals surface area contributed by atoms with Gasteiger partial charge in [0.15, 0.2) is 0 Å². The van der Waals surface area contributed by atoms with Gasteiger partial charge in [-0.05, 0) is 55.0 Å². The first-order chi connectivity index (χ1) is 16.8. The van der Waals surface area contributed by atoms with Crippen molar-refractivity contribution in [3.05, 3.63) is 90.0 Å². The van der Waals surface area contributed by atoms with Crippen LogP contribution in [0.25, 0.3) is 0 Å². The summed E-state index contributed by atoms with van der Waals surface area (Å²) in [6, 6.07) is 19.3. The Morgan fingerprint density at radius 1 is 0.857 bits per heavy atom. The number of ether oxygens (including phenoxy) is 1. The van der Waals surface area contributed by atoms with Gasteiger partial charge in [0.05, 0.1) is 16.0 Å². The van der Waals surface area contributed by atoms with E-state index >= 15 is 0 Å². The lowest BCUT2D eigenvalue weighted by atomic mass is 10.1. The molecule has 4 rings (SSSR count). The van der Waals surface area contributed by atoms with Gasteiger partial charge in [-0.15, -0.1) is 0 Å². The van der Waals surface area contributed by atoms with Crippen molar-refractivity contribution in [3.63, 3.8) is 0 Å². The topological polar surface area (TPSA) is 142 Å². The van der Waals surface area contributed by atoms with E-state index in [-0.39, 0.29) is 29.0 Å². The third kappa shape index (κ3) is 5.22. The van der Waals surface area contributed by atoms with Crippen LogP contribution in [0.15, 0.2) is 83.8 Å². The highest BCUT2D eigenvalue weighted by molar-refractivity contribution is 7.89. The smallest absolute Gasteiger partial charge is 0.261 e. The Balaban J connectivity index is 1.45. The van der Waals surface area contributed by atoms with E-state index in [2.05, 4.69) is 4.72 Å². The van der Waals surface area contributed by atoms with Gasteiger partial charge in [-0.3, -0.25) is 24.5 Å². The molecule has 0 saturated heterocycles. The Morgan fingerprint density at radius 3 is 1.97 bits per heavy atom. The van der Waals surface area contributed by atoms with Gasteiger partial charge in [0.25, 0.3) is 17.7 Å². The second kappa shape index (κ2) is 10.1. The Morgan fingerprint density at radius 2 is 1.40 bits per heavy atom. The van der Waals surface area contributed by atoms with E-state index in [1.54, 1.807) is 36.4 Å². The van der Waals surface area contributed by atoms with Crippen molar-refractivity contribution in [2.45, 2.75) is 17.4 Å². The number of para-hydroxylation sites is 1. The number of hydroxylamine groups is 1. The number of benzene rings is 3. The minimum absolute atomic E-state index is 0.144. The first kappa shape index (κ1) is 24.1. The third-order valence-corrected chi connectivity index (χ3v) is 6.84. The molecule has 10 nitrogen and oxygen atoms in total. The van der Waals surface area contributed by atoms with Crippen LogP contribution in [0.4, 0.5) is 0 Å². The van der Waals surface area contributed by atoms with Gasteiger partial charge >= 0.3 is 0 Å². The number of nitrogens with zero attached hydrogens (tertiary/aromatic N) is 1. The maximum atomic E-state index is 12.9. The summed E-state index contributed by atoms with van der Waals surface area (Å²) >= 11 is 0. The van der Waals surface area contributed by atoms with Crippen LogP contribution in [0.5, 0.6) is 11.5 Å². The molecule has 1 aliphatic heterocycles. The van der Waals surface area contributed by atoms with E-state index in [0.29, 0.717) is 11.5 Å². The van der Waals surface area contributed by atoms with E-state index in [1.165, 1.54) is 41.9 Å². The molecule has 0 saturated carbocycles. The molecule has 11 heteroatoms. The van der Waals surface area contributed by atoms with E-state index in [4.69, 9.17) is 9.94 Å². The first-order valence-electron chi connectivity index (χ1n) is 10.5. The van der Waals surface area contributed by atoms with E-state index in [9.17, 15) is 22.8 Å². The summed E-state index contributed by atoms with van der Waals surface area (Å²) in [5.74, 6) is -1.12. The zero-order chi connectivity index (χ0) is 25.0. The minimum atomic E-state index is -4.20. The first-order valence-corrected chi connectivity index (χ1v) is 12.0. The summed E-state index contributed by atoms with van der Waals surface area (Å²) in [5.41, 5.74) is 1.89. The molecule has 0 bridgehead atoms. The number of hydrogen-bond acceptors (Lipinski definition) is 7. The van der Waals surface area contributed by atoms with E-state index in [0.717, 1.165) is 4.90 Å². The van der Waals surface area contributed by atoms with E-state index < -0.39 is 33.8 Å². The normalized spacial score (nSPS) is 13.9. The van der Waals surface area contributed by atoms with Crippen molar-refractivity contribution in [2.24, 2.45) is 0 Å². The van der Waals surface area contributed by atoms with Crippen LogP contribution < -0.4 is 14.9 Å². The van der Waals surface area contributed by atoms with Crippen LogP contribution in [0.2, 0.25) is 0 Å². The number of sulfonamides is 1. The zero-order valence-corrected chi connectivity index (χ0v) is 19.1. The molecular weight excluding hydrogens is 474 g/mol. The van der Waals surface area contributed by atoms with Gasteiger partial charge in [-0.2, -0.15) is 4.72 Å². The Labute approximate surface area is 201 Å². The van der Waals surface area contributed by atoms with Crippen molar-refractivity contribution < 1.29 is 32.7 Å². The summed E-state index contributed by atoms with van der Waals surface area (Å²) in [4.78, 5) is 38.0. The van der Waals surface area contributed by atoms with Crippen molar-refractivity contribution in [1.82, 2.24) is 15.1 Å². The van der Waals surface area contributed by atoms with Crippen molar-refractivity contribution in [2.75, 3.05) is 6.54 Å². The highest BCUT2D eigenvalue weighted by atomic mass is 32.2. The molecule has 1 aliphatic rings. The molecule has 3 amide bonds. The number of hydrogen-bond donors (Lipinski definition) is 3. The molecule has 3 aromatic rings. The summed E-state index contributed by atoms with van der Waals surface area (Å²) in [5, 5.41) is 9.09.